The number of hydrogen-bond acceptors (Lipinski definition) is 5. The van der Waals surface area contributed by atoms with Gasteiger partial charge in [-0.15, -0.1) is 6.58 Å². The molecule has 6 heteroatoms. The lowest BCUT2D eigenvalue weighted by Gasteiger charge is -2.12. The van der Waals surface area contributed by atoms with Gasteiger partial charge in [0.05, 0.1) is 16.9 Å². The maximum atomic E-state index is 12.5. The predicted octanol–water partition coefficient (Wildman–Crippen LogP) is 3.78. The van der Waals surface area contributed by atoms with E-state index in [0.29, 0.717) is 28.1 Å². The van der Waals surface area contributed by atoms with Crippen LogP contribution in [0.2, 0.25) is 0 Å². The van der Waals surface area contributed by atoms with Crippen LogP contribution in [0.25, 0.3) is 6.08 Å². The van der Waals surface area contributed by atoms with Crippen LogP contribution in [0.1, 0.15) is 5.76 Å². The van der Waals surface area contributed by atoms with Crippen molar-refractivity contribution >= 4 is 34.6 Å². The minimum absolute atomic E-state index is 0.128. The van der Waals surface area contributed by atoms with Crippen LogP contribution in [0.15, 0.2) is 69.6 Å². The number of carbonyl (C=O) groups is 1. The number of phenols is 1. The molecule has 3 rings (SSSR count). The van der Waals surface area contributed by atoms with Crippen molar-refractivity contribution in [3.63, 3.8) is 0 Å². The average Bonchev–Trinajstić information content (AvgIpc) is 3.12. The first kappa shape index (κ1) is 15.2. The Morgan fingerprint density at radius 2 is 2.22 bits per heavy atom. The summed E-state index contributed by atoms with van der Waals surface area (Å²) in [4.78, 5) is 19.0. The van der Waals surface area contributed by atoms with E-state index in [1.54, 1.807) is 54.8 Å². The fourth-order valence-electron chi connectivity index (χ4n) is 2.06. The van der Waals surface area contributed by atoms with Gasteiger partial charge in [-0.25, -0.2) is 4.99 Å². The van der Waals surface area contributed by atoms with Gasteiger partial charge in [0.25, 0.3) is 5.91 Å². The largest absolute Gasteiger partial charge is 0.508 e. The molecule has 1 amide bonds. The number of amides is 1. The normalized spacial score (nSPS) is 18.1. The Morgan fingerprint density at radius 1 is 1.35 bits per heavy atom. The second kappa shape index (κ2) is 6.58. The van der Waals surface area contributed by atoms with Crippen molar-refractivity contribution in [1.82, 2.24) is 4.90 Å². The van der Waals surface area contributed by atoms with Gasteiger partial charge in [0.15, 0.2) is 5.17 Å². The van der Waals surface area contributed by atoms with Crippen molar-refractivity contribution < 1.29 is 14.3 Å². The topological polar surface area (TPSA) is 66.0 Å². The fourth-order valence-corrected chi connectivity index (χ4v) is 3.05. The summed E-state index contributed by atoms with van der Waals surface area (Å²) in [5.74, 6) is 0.589. The Balaban J connectivity index is 1.95. The van der Waals surface area contributed by atoms with Gasteiger partial charge >= 0.3 is 0 Å². The molecule has 5 nitrogen and oxygen atoms in total. The molecule has 0 spiro atoms. The minimum atomic E-state index is -0.148. The highest BCUT2D eigenvalue weighted by molar-refractivity contribution is 8.18. The molecular formula is C17H14N2O3S. The van der Waals surface area contributed by atoms with Crippen molar-refractivity contribution in [2.45, 2.75) is 0 Å². The number of amidine groups is 1. The van der Waals surface area contributed by atoms with Crippen LogP contribution in [0.4, 0.5) is 5.69 Å². The van der Waals surface area contributed by atoms with Crippen molar-refractivity contribution in [1.29, 1.82) is 0 Å². The number of thioether (sulfide) groups is 1. The van der Waals surface area contributed by atoms with E-state index in [9.17, 15) is 9.90 Å². The van der Waals surface area contributed by atoms with Gasteiger partial charge in [0.1, 0.15) is 11.5 Å². The van der Waals surface area contributed by atoms with Crippen LogP contribution in [0.3, 0.4) is 0 Å². The minimum Gasteiger partial charge on any atom is -0.508 e. The van der Waals surface area contributed by atoms with Gasteiger partial charge in [0, 0.05) is 18.7 Å². The van der Waals surface area contributed by atoms with Crippen LogP contribution in [-0.2, 0) is 4.79 Å². The zero-order valence-corrected chi connectivity index (χ0v) is 13.0. The van der Waals surface area contributed by atoms with Crippen molar-refractivity contribution in [3.05, 3.63) is 66.0 Å². The smallest absolute Gasteiger partial charge is 0.267 e. The maximum absolute atomic E-state index is 12.5. The second-order valence-electron chi connectivity index (χ2n) is 4.74. The van der Waals surface area contributed by atoms with Gasteiger partial charge in [-0.2, -0.15) is 0 Å². The molecule has 0 unspecified atom stereocenters. The summed E-state index contributed by atoms with van der Waals surface area (Å²) in [7, 11) is 0. The van der Waals surface area contributed by atoms with Gasteiger partial charge in [-0.1, -0.05) is 12.1 Å². The molecule has 1 aliphatic heterocycles. The van der Waals surface area contributed by atoms with Crippen molar-refractivity contribution in [3.8, 4) is 5.75 Å². The van der Waals surface area contributed by atoms with Crippen molar-refractivity contribution in [2.24, 2.45) is 4.99 Å². The zero-order valence-electron chi connectivity index (χ0n) is 12.2. The summed E-state index contributed by atoms with van der Waals surface area (Å²) in [6, 6.07) is 10.1. The molecule has 0 aliphatic carbocycles. The van der Waals surface area contributed by atoms with E-state index in [2.05, 4.69) is 11.6 Å². The van der Waals surface area contributed by atoms with Crippen molar-refractivity contribution in [2.75, 3.05) is 6.54 Å². The Kier molecular flexibility index (Phi) is 4.34. The number of aliphatic imine (C=N–C) groups is 1. The third kappa shape index (κ3) is 3.37. The lowest BCUT2D eigenvalue weighted by atomic mass is 10.3. The summed E-state index contributed by atoms with van der Waals surface area (Å²) in [5.41, 5.74) is 0.577. The van der Waals surface area contributed by atoms with Gasteiger partial charge in [-0.3, -0.25) is 9.69 Å². The predicted molar refractivity (Wildman–Crippen MR) is 91.4 cm³/mol. The second-order valence-corrected chi connectivity index (χ2v) is 5.75. The average molecular weight is 326 g/mol. The summed E-state index contributed by atoms with van der Waals surface area (Å²) >= 11 is 1.26. The first-order chi connectivity index (χ1) is 11.2. The third-order valence-electron chi connectivity index (χ3n) is 3.07. The molecule has 1 N–H and O–H groups in total. The number of benzene rings is 1. The number of nitrogens with zero attached hydrogens (tertiary/aromatic N) is 2. The highest BCUT2D eigenvalue weighted by atomic mass is 32.2. The quantitative estimate of drug-likeness (QED) is 0.686. The molecule has 1 aromatic carbocycles. The van der Waals surface area contributed by atoms with E-state index in [0.717, 1.165) is 0 Å². The summed E-state index contributed by atoms with van der Waals surface area (Å²) in [6.45, 7) is 4.04. The number of furan rings is 1. The van der Waals surface area contributed by atoms with E-state index in [4.69, 9.17) is 4.42 Å². The number of aromatic hydroxyl groups is 1. The number of rotatable bonds is 4. The van der Waals surface area contributed by atoms with Crippen LogP contribution < -0.4 is 0 Å². The lowest BCUT2D eigenvalue weighted by molar-refractivity contribution is -0.121. The number of hydrogen-bond donors (Lipinski definition) is 1. The first-order valence-corrected chi connectivity index (χ1v) is 7.72. The van der Waals surface area contributed by atoms with Crippen LogP contribution in [0.5, 0.6) is 5.75 Å². The summed E-state index contributed by atoms with van der Waals surface area (Å²) in [5, 5.41) is 10.1. The van der Waals surface area contributed by atoms with E-state index < -0.39 is 0 Å². The van der Waals surface area contributed by atoms with Gasteiger partial charge < -0.3 is 9.52 Å². The molecule has 116 valence electrons. The molecule has 1 saturated heterocycles. The van der Waals surface area contributed by atoms with E-state index >= 15 is 0 Å². The molecule has 1 aromatic heterocycles. The molecule has 0 atom stereocenters. The highest BCUT2D eigenvalue weighted by Crippen LogP contribution is 2.34. The standard InChI is InChI=1S/C17H14N2O3S/c1-2-8-19-16(21)15(11-14-7-4-9-22-14)23-17(19)18-12-5-3-6-13(20)10-12/h2-7,9-11,20H,1,8H2/b15-11+,18-17?. The molecule has 1 fully saturated rings. The molecule has 1 aliphatic rings. The van der Waals surface area contributed by atoms with Crippen LogP contribution in [0, 0.1) is 0 Å². The Labute approximate surface area is 137 Å². The lowest BCUT2D eigenvalue weighted by Crippen LogP contribution is -2.29. The molecule has 2 heterocycles. The van der Waals surface area contributed by atoms with Gasteiger partial charge in [-0.05, 0) is 36.0 Å². The Bertz CT molecular complexity index is 794. The molecule has 23 heavy (non-hydrogen) atoms. The van der Waals surface area contributed by atoms with E-state index in [1.807, 2.05) is 0 Å². The van der Waals surface area contributed by atoms with E-state index in [1.165, 1.54) is 16.7 Å². The van der Waals surface area contributed by atoms with Crippen LogP contribution >= 0.6 is 11.8 Å². The highest BCUT2D eigenvalue weighted by Gasteiger charge is 2.32. The monoisotopic (exact) mass is 326 g/mol. The summed E-state index contributed by atoms with van der Waals surface area (Å²) in [6.07, 6.45) is 4.89. The zero-order chi connectivity index (χ0) is 16.2. The molecule has 0 radical (unpaired) electrons. The summed E-state index contributed by atoms with van der Waals surface area (Å²) < 4.78 is 5.25. The Morgan fingerprint density at radius 3 is 2.91 bits per heavy atom. The number of phenolic OH excluding ortho intramolecular Hbond substituents is 1. The maximum Gasteiger partial charge on any atom is 0.267 e. The molecule has 2 aromatic rings. The molecular weight excluding hydrogens is 312 g/mol. The molecule has 0 bridgehead atoms. The SMILES string of the molecule is C=CCN1C(=O)/C(=C\c2ccco2)SC1=Nc1cccc(O)c1. The fraction of sp³-hybridized carbons (Fsp3) is 0.0588. The van der Waals surface area contributed by atoms with Crippen LogP contribution in [-0.4, -0.2) is 27.6 Å². The Hall–Kier alpha value is -2.73. The van der Waals surface area contributed by atoms with E-state index in [-0.39, 0.29) is 11.7 Å². The molecule has 0 saturated carbocycles. The first-order valence-electron chi connectivity index (χ1n) is 6.91. The number of carbonyl (C=O) groups excluding carboxylic acids is 1. The third-order valence-corrected chi connectivity index (χ3v) is 4.08. The van der Waals surface area contributed by atoms with Gasteiger partial charge in [0.2, 0.25) is 0 Å².